The number of ether oxygens (including phenoxy) is 1. The molecule has 3 rings (SSSR count). The van der Waals surface area contributed by atoms with Gasteiger partial charge in [0.2, 0.25) is 5.88 Å². The Bertz CT molecular complexity index is 885. The second-order valence-corrected chi connectivity index (χ2v) is 6.92. The molecule has 1 aliphatic rings. The summed E-state index contributed by atoms with van der Waals surface area (Å²) in [5.41, 5.74) is 4.08. The quantitative estimate of drug-likeness (QED) is 0.639. The molecule has 8 heteroatoms. The molecular weight excluding hydrogens is 379 g/mol. The molecule has 0 bridgehead atoms. The van der Waals surface area contributed by atoms with Crippen LogP contribution in [0, 0.1) is 6.92 Å². The van der Waals surface area contributed by atoms with E-state index in [1.807, 2.05) is 19.9 Å². The minimum atomic E-state index is -4.40. The Morgan fingerprint density at radius 3 is 2.67 bits per heavy atom. The summed E-state index contributed by atoms with van der Waals surface area (Å²) in [5, 5.41) is 0.445. The number of alkyl halides is 3. The van der Waals surface area contributed by atoms with Crippen molar-refractivity contribution in [2.24, 2.45) is 0 Å². The molecule has 2 atom stereocenters. The van der Waals surface area contributed by atoms with Crippen molar-refractivity contribution >= 4 is 17.3 Å². The van der Waals surface area contributed by atoms with Crippen molar-refractivity contribution in [1.29, 1.82) is 0 Å². The average molecular weight is 398 g/mol. The zero-order valence-corrected chi connectivity index (χ0v) is 15.9. The van der Waals surface area contributed by atoms with Crippen molar-refractivity contribution in [2.75, 3.05) is 6.61 Å². The highest BCUT2D eigenvalue weighted by Crippen LogP contribution is 2.47. The maximum Gasteiger partial charge on any atom is 0.422 e. The van der Waals surface area contributed by atoms with Crippen LogP contribution in [0.3, 0.4) is 0 Å². The lowest BCUT2D eigenvalue weighted by Gasteiger charge is -2.32. The minimum absolute atomic E-state index is 0.0212. The van der Waals surface area contributed by atoms with E-state index in [4.69, 9.17) is 16.3 Å². The first-order valence-electron chi connectivity index (χ1n) is 8.38. The molecule has 0 saturated heterocycles. The second kappa shape index (κ2) is 7.03. The number of rotatable bonds is 4. The Labute approximate surface area is 160 Å². The Kier molecular flexibility index (Phi) is 5.08. The van der Waals surface area contributed by atoms with Gasteiger partial charge in [-0.3, -0.25) is 0 Å². The highest BCUT2D eigenvalue weighted by Gasteiger charge is 2.35. The third-order valence-corrected chi connectivity index (χ3v) is 5.02. The summed E-state index contributed by atoms with van der Waals surface area (Å²) in [5.74, 6) is -0.0212. The van der Waals surface area contributed by atoms with Gasteiger partial charge in [0.05, 0.1) is 12.1 Å². The molecule has 144 valence electrons. The molecule has 2 aromatic heterocycles. The molecule has 2 unspecified atom stereocenters. The molecule has 0 aromatic carbocycles. The lowest BCUT2D eigenvalue weighted by atomic mass is 10.1. The maximum atomic E-state index is 12.3. The lowest BCUT2D eigenvalue weighted by molar-refractivity contribution is -0.154. The van der Waals surface area contributed by atoms with Crippen LogP contribution in [-0.4, -0.2) is 27.7 Å². The highest BCUT2D eigenvalue weighted by molar-refractivity contribution is 6.30. The molecule has 0 radical (unpaired) electrons. The second-order valence-electron chi connectivity index (χ2n) is 6.56. The van der Waals surface area contributed by atoms with Gasteiger partial charge in [-0.1, -0.05) is 18.2 Å². The number of hydrogen-bond acceptors (Lipinski definition) is 4. The third-order valence-electron chi connectivity index (χ3n) is 4.72. The van der Waals surface area contributed by atoms with E-state index < -0.39 is 12.8 Å². The van der Waals surface area contributed by atoms with Gasteiger partial charge in [0, 0.05) is 34.8 Å². The third kappa shape index (κ3) is 3.74. The van der Waals surface area contributed by atoms with E-state index in [2.05, 4.69) is 21.4 Å². The molecule has 0 amide bonds. The van der Waals surface area contributed by atoms with E-state index in [9.17, 15) is 13.2 Å². The number of pyridine rings is 2. The number of fused-ring (bicyclic) bond motifs is 1. The van der Waals surface area contributed by atoms with Gasteiger partial charge in [-0.25, -0.2) is 9.97 Å². The van der Waals surface area contributed by atoms with Gasteiger partial charge in [0.25, 0.3) is 0 Å². The van der Waals surface area contributed by atoms with Gasteiger partial charge in [-0.2, -0.15) is 13.2 Å². The summed E-state index contributed by atoms with van der Waals surface area (Å²) in [6.07, 6.45) is -1.22. The largest absolute Gasteiger partial charge is 0.468 e. The van der Waals surface area contributed by atoms with Crippen LogP contribution in [0.4, 0.5) is 13.2 Å². The zero-order valence-electron chi connectivity index (χ0n) is 15.1. The summed E-state index contributed by atoms with van der Waals surface area (Å²) in [4.78, 5) is 10.3. The number of aromatic nitrogens is 2. The summed E-state index contributed by atoms with van der Waals surface area (Å²) in [7, 11) is 0. The van der Waals surface area contributed by atoms with Crippen LogP contribution in [0.2, 0.25) is 5.15 Å². The van der Waals surface area contributed by atoms with Gasteiger partial charge < -0.3 is 9.64 Å². The molecule has 3 heterocycles. The fourth-order valence-corrected chi connectivity index (χ4v) is 3.77. The summed E-state index contributed by atoms with van der Waals surface area (Å²) in [6, 6.07) is 3.51. The first kappa shape index (κ1) is 19.5. The number of hydrogen-bond donors (Lipinski definition) is 0. The predicted molar refractivity (Wildman–Crippen MR) is 97.5 cm³/mol. The number of halogens is 4. The van der Waals surface area contributed by atoms with E-state index >= 15 is 0 Å². The van der Waals surface area contributed by atoms with Crippen LogP contribution in [0.5, 0.6) is 5.88 Å². The first-order chi connectivity index (χ1) is 12.6. The van der Waals surface area contributed by atoms with Crippen molar-refractivity contribution < 1.29 is 17.9 Å². The summed E-state index contributed by atoms with van der Waals surface area (Å²) in [6.45, 7) is 8.49. The lowest BCUT2D eigenvalue weighted by Crippen LogP contribution is -2.23. The smallest absolute Gasteiger partial charge is 0.422 e. The average Bonchev–Trinajstić information content (AvgIpc) is 2.84. The van der Waals surface area contributed by atoms with Crippen molar-refractivity contribution in [2.45, 2.75) is 39.0 Å². The van der Waals surface area contributed by atoms with Gasteiger partial charge in [0.15, 0.2) is 6.61 Å². The van der Waals surface area contributed by atoms with E-state index in [-0.39, 0.29) is 18.0 Å². The zero-order chi connectivity index (χ0) is 19.9. The molecule has 27 heavy (non-hydrogen) atoms. The molecule has 0 spiro atoms. The Balaban J connectivity index is 1.84. The molecule has 0 fully saturated rings. The molecule has 0 N–H and O–H groups in total. The molecule has 4 nitrogen and oxygen atoms in total. The Morgan fingerprint density at radius 2 is 2.07 bits per heavy atom. The molecule has 2 aromatic rings. The van der Waals surface area contributed by atoms with Crippen molar-refractivity contribution in [3.63, 3.8) is 0 Å². The fraction of sp³-hybridized carbons (Fsp3) is 0.368. The van der Waals surface area contributed by atoms with E-state index in [1.54, 1.807) is 19.2 Å². The summed E-state index contributed by atoms with van der Waals surface area (Å²) >= 11 is 6.26. The van der Waals surface area contributed by atoms with Gasteiger partial charge in [0.1, 0.15) is 5.15 Å². The van der Waals surface area contributed by atoms with Crippen molar-refractivity contribution in [3.05, 3.63) is 58.5 Å². The topological polar surface area (TPSA) is 38.2 Å². The Morgan fingerprint density at radius 1 is 1.37 bits per heavy atom. The van der Waals surface area contributed by atoms with Gasteiger partial charge in [-0.05, 0) is 38.5 Å². The predicted octanol–water partition coefficient (Wildman–Crippen LogP) is 5.49. The highest BCUT2D eigenvalue weighted by atomic mass is 35.5. The Hall–Kier alpha value is -2.28. The number of aryl methyl sites for hydroxylation is 1. The van der Waals surface area contributed by atoms with E-state index in [0.717, 1.165) is 22.4 Å². The van der Waals surface area contributed by atoms with Crippen molar-refractivity contribution in [3.8, 4) is 5.88 Å². The van der Waals surface area contributed by atoms with E-state index in [1.165, 1.54) is 6.20 Å². The first-order valence-corrected chi connectivity index (χ1v) is 8.76. The number of nitrogens with zero attached hydrogens (tertiary/aromatic N) is 3. The molecule has 1 aliphatic heterocycles. The summed E-state index contributed by atoms with van der Waals surface area (Å²) < 4.78 is 41.8. The SMILES string of the molecule is C=C1c2ccnc(Cl)c2C(C)N1C(C)c1cnc(OCC(F)(F)F)c(C)c1. The fourth-order valence-electron chi connectivity index (χ4n) is 3.45. The molecular formula is C19H19ClF3N3O. The van der Waals surface area contributed by atoms with Gasteiger partial charge in [-0.15, -0.1) is 0 Å². The van der Waals surface area contributed by atoms with Gasteiger partial charge >= 0.3 is 6.18 Å². The van der Waals surface area contributed by atoms with Crippen LogP contribution in [0.15, 0.2) is 31.1 Å². The standard InChI is InChI=1S/C19H19ClF3N3O/c1-10-7-14(8-25-18(10)27-9-19(21,22)23)11(2)26-12(3)15-5-6-24-17(20)16(15)13(26)4/h5-8,11,13H,3,9H2,1-2,4H3. The normalized spacial score (nSPS) is 17.8. The maximum absolute atomic E-state index is 12.3. The van der Waals surface area contributed by atoms with Crippen LogP contribution >= 0.6 is 11.6 Å². The monoisotopic (exact) mass is 397 g/mol. The van der Waals surface area contributed by atoms with Crippen molar-refractivity contribution in [1.82, 2.24) is 14.9 Å². The van der Waals surface area contributed by atoms with E-state index in [0.29, 0.717) is 10.7 Å². The molecule has 0 aliphatic carbocycles. The van der Waals surface area contributed by atoms with Crippen LogP contribution in [0.1, 0.15) is 48.2 Å². The van der Waals surface area contributed by atoms with Crippen LogP contribution in [-0.2, 0) is 0 Å². The minimum Gasteiger partial charge on any atom is -0.468 e. The van der Waals surface area contributed by atoms with Crippen LogP contribution < -0.4 is 4.74 Å². The van der Waals surface area contributed by atoms with Crippen LogP contribution in [0.25, 0.3) is 5.70 Å². The molecule has 0 saturated carbocycles.